The molecule has 0 aromatic carbocycles. The average molecular weight is 719 g/mol. The van der Waals surface area contributed by atoms with E-state index in [4.69, 9.17) is 4.74 Å². The fourth-order valence-corrected chi connectivity index (χ4v) is 14.5. The zero-order valence-electron chi connectivity index (χ0n) is 33.7. The Labute approximate surface area is 324 Å². The molecule has 4 fully saturated rings. The van der Waals surface area contributed by atoms with E-state index in [1.165, 1.54) is 147 Å². The van der Waals surface area contributed by atoms with Gasteiger partial charge in [-0.2, -0.15) is 0 Å². The minimum absolute atomic E-state index is 0.134. The molecule has 2 N–H and O–H groups in total. The van der Waals surface area contributed by atoms with Crippen molar-refractivity contribution in [3.05, 3.63) is 71.4 Å². The molecular formula is C50H74N2O. The van der Waals surface area contributed by atoms with Crippen LogP contribution in [0, 0.1) is 46.8 Å². The summed E-state index contributed by atoms with van der Waals surface area (Å²) in [6.07, 6.45) is 54.8. The van der Waals surface area contributed by atoms with Crippen LogP contribution in [0.3, 0.4) is 0 Å². The third-order valence-corrected chi connectivity index (χ3v) is 16.9. The van der Waals surface area contributed by atoms with Crippen molar-refractivity contribution in [3.63, 3.8) is 0 Å². The molecule has 290 valence electrons. The van der Waals surface area contributed by atoms with E-state index in [-0.39, 0.29) is 5.66 Å². The van der Waals surface area contributed by atoms with Crippen molar-refractivity contribution in [1.29, 1.82) is 0 Å². The number of nitrogens with one attached hydrogen (secondary N) is 2. The molecular weight excluding hydrogens is 645 g/mol. The van der Waals surface area contributed by atoms with Gasteiger partial charge in [-0.05, 0) is 175 Å². The van der Waals surface area contributed by atoms with Crippen molar-refractivity contribution in [1.82, 2.24) is 10.6 Å². The van der Waals surface area contributed by atoms with Gasteiger partial charge < -0.3 is 4.74 Å². The normalized spacial score (nSPS) is 46.1. The smallest absolute Gasteiger partial charge is 0.0950 e. The molecule has 2 saturated carbocycles. The summed E-state index contributed by atoms with van der Waals surface area (Å²) in [7, 11) is 0. The van der Waals surface area contributed by atoms with Gasteiger partial charge in [0.25, 0.3) is 0 Å². The monoisotopic (exact) mass is 719 g/mol. The minimum atomic E-state index is -0.134. The summed E-state index contributed by atoms with van der Waals surface area (Å²) >= 11 is 0. The van der Waals surface area contributed by atoms with Gasteiger partial charge in [0.2, 0.25) is 0 Å². The van der Waals surface area contributed by atoms with Gasteiger partial charge in [0, 0.05) is 18.0 Å². The Balaban J connectivity index is 1.04. The molecule has 9 aliphatic rings. The molecule has 0 amide bonds. The Morgan fingerprint density at radius 1 is 0.736 bits per heavy atom. The second-order valence-corrected chi connectivity index (χ2v) is 19.7. The van der Waals surface area contributed by atoms with Crippen LogP contribution in [0.1, 0.15) is 162 Å². The minimum Gasteiger partial charge on any atom is -0.374 e. The summed E-state index contributed by atoms with van der Waals surface area (Å²) in [5.41, 5.74) is 5.25. The lowest BCUT2D eigenvalue weighted by Crippen LogP contribution is -2.70. The van der Waals surface area contributed by atoms with E-state index in [0.717, 1.165) is 36.0 Å². The summed E-state index contributed by atoms with van der Waals surface area (Å²) in [4.78, 5) is 0. The van der Waals surface area contributed by atoms with E-state index in [9.17, 15) is 0 Å². The molecule has 0 aromatic heterocycles. The zero-order valence-corrected chi connectivity index (χ0v) is 33.7. The summed E-state index contributed by atoms with van der Waals surface area (Å²) in [5.74, 6) is 5.12. The van der Waals surface area contributed by atoms with Gasteiger partial charge in [0.05, 0.1) is 17.9 Å². The van der Waals surface area contributed by atoms with Crippen LogP contribution < -0.4 is 10.6 Å². The molecule has 3 nitrogen and oxygen atoms in total. The maximum atomic E-state index is 7.20. The SMILES string of the molecule is CCC1(C2=CCCC=C2)NC(C2=CCC(C3=CC(C)CCC3)CC2)CC(C2CCCC(C3(C4C=CCCC4)C4C=CCCC4OC4CCCCC43)C2)N1. The quantitative estimate of drug-likeness (QED) is 0.257. The summed E-state index contributed by atoms with van der Waals surface area (Å²) in [6, 6.07) is 1.03. The Hall–Kier alpha value is -1.68. The largest absolute Gasteiger partial charge is 0.374 e. The lowest BCUT2D eigenvalue weighted by Gasteiger charge is -2.64. The van der Waals surface area contributed by atoms with E-state index in [0.29, 0.717) is 41.5 Å². The fourth-order valence-electron chi connectivity index (χ4n) is 14.5. The first-order chi connectivity index (χ1) is 26.1. The van der Waals surface area contributed by atoms with Crippen LogP contribution in [0.5, 0.6) is 0 Å². The van der Waals surface area contributed by atoms with Gasteiger partial charge in [0.15, 0.2) is 0 Å². The number of rotatable bonds is 7. The van der Waals surface area contributed by atoms with Crippen LogP contribution in [-0.4, -0.2) is 30.0 Å². The average Bonchev–Trinajstić information content (AvgIpc) is 3.23. The van der Waals surface area contributed by atoms with Gasteiger partial charge in [-0.25, -0.2) is 0 Å². The van der Waals surface area contributed by atoms with Crippen molar-refractivity contribution >= 4 is 0 Å². The van der Waals surface area contributed by atoms with Crippen LogP contribution in [-0.2, 0) is 4.74 Å². The molecule has 0 bridgehead atoms. The van der Waals surface area contributed by atoms with Crippen molar-refractivity contribution in [2.45, 2.75) is 191 Å². The second kappa shape index (κ2) is 16.1. The first-order valence-corrected chi connectivity index (χ1v) is 23.4. The highest BCUT2D eigenvalue weighted by Gasteiger charge is 2.62. The Morgan fingerprint density at radius 3 is 2.47 bits per heavy atom. The number of hydrogen-bond acceptors (Lipinski definition) is 3. The second-order valence-electron chi connectivity index (χ2n) is 19.7. The lowest BCUT2D eigenvalue weighted by molar-refractivity contribution is -0.229. The van der Waals surface area contributed by atoms with E-state index in [2.05, 4.69) is 79.2 Å². The predicted molar refractivity (Wildman–Crippen MR) is 221 cm³/mol. The lowest BCUT2D eigenvalue weighted by atomic mass is 9.44. The standard InChI is InChI=1S/C50H74N2O/c1-3-49(40-19-6-4-7-20-40)51-45(37-30-28-36(29-31-37)38-17-14-16-35(2)32-38)34-46(52-49)39-18-15-23-42(33-39)50(41-21-8-5-9-22-41)43-24-10-12-26-47(43)53-48-27-13-11-25-44(48)50/h6,8,10,19-21,24,30,32,35-36,39,41-48,51-52H,3-5,7,9,11-18,22-23,25-29,31,33-34H2,1-2H3. The van der Waals surface area contributed by atoms with Crippen molar-refractivity contribution in [2.24, 2.45) is 46.8 Å². The molecule has 2 saturated heterocycles. The van der Waals surface area contributed by atoms with Crippen LogP contribution in [0.4, 0.5) is 0 Å². The molecule has 0 radical (unpaired) electrons. The Kier molecular flexibility index (Phi) is 11.2. The van der Waals surface area contributed by atoms with Crippen molar-refractivity contribution in [3.8, 4) is 0 Å². The summed E-state index contributed by atoms with van der Waals surface area (Å²) in [5, 5.41) is 8.89. The summed E-state index contributed by atoms with van der Waals surface area (Å²) in [6.45, 7) is 4.88. The van der Waals surface area contributed by atoms with Crippen molar-refractivity contribution in [2.75, 3.05) is 0 Å². The van der Waals surface area contributed by atoms with Gasteiger partial charge in [-0.15, -0.1) is 0 Å². The highest BCUT2D eigenvalue weighted by Crippen LogP contribution is 2.65. The molecule has 0 spiro atoms. The predicted octanol–water partition coefficient (Wildman–Crippen LogP) is 12.2. The maximum Gasteiger partial charge on any atom is 0.0950 e. The molecule has 0 aromatic rings. The molecule has 13 atom stereocenters. The Bertz CT molecular complexity index is 1480. The fraction of sp³-hybridized carbons (Fsp3) is 0.760. The van der Waals surface area contributed by atoms with Gasteiger partial charge in [0.1, 0.15) is 0 Å². The highest BCUT2D eigenvalue weighted by atomic mass is 16.5. The zero-order chi connectivity index (χ0) is 35.8. The number of hydrogen-bond donors (Lipinski definition) is 2. The molecule has 13 unspecified atom stereocenters. The molecule has 2 aliphatic heterocycles. The number of fused-ring (bicyclic) bond motifs is 2. The van der Waals surface area contributed by atoms with E-state index >= 15 is 0 Å². The molecule has 7 aliphatic carbocycles. The third-order valence-electron chi connectivity index (χ3n) is 16.9. The topological polar surface area (TPSA) is 33.3 Å². The van der Waals surface area contributed by atoms with E-state index in [1.807, 2.05) is 0 Å². The van der Waals surface area contributed by atoms with Crippen LogP contribution >= 0.6 is 0 Å². The van der Waals surface area contributed by atoms with Crippen LogP contribution in [0.2, 0.25) is 0 Å². The van der Waals surface area contributed by atoms with Gasteiger partial charge in [-0.1, -0.05) is 98.9 Å². The van der Waals surface area contributed by atoms with Gasteiger partial charge >= 0.3 is 0 Å². The molecule has 53 heavy (non-hydrogen) atoms. The van der Waals surface area contributed by atoms with E-state index < -0.39 is 0 Å². The first-order valence-electron chi connectivity index (χ1n) is 23.4. The highest BCUT2D eigenvalue weighted by molar-refractivity contribution is 5.36. The van der Waals surface area contributed by atoms with Crippen LogP contribution in [0.15, 0.2) is 71.4 Å². The number of allylic oxidation sites excluding steroid dienone is 8. The number of ether oxygens (including phenoxy) is 1. The van der Waals surface area contributed by atoms with E-state index in [1.54, 1.807) is 11.1 Å². The summed E-state index contributed by atoms with van der Waals surface area (Å²) < 4.78 is 7.20. The van der Waals surface area contributed by atoms with Crippen molar-refractivity contribution < 1.29 is 4.74 Å². The van der Waals surface area contributed by atoms with Gasteiger partial charge in [-0.3, -0.25) is 10.6 Å². The maximum absolute atomic E-state index is 7.20. The molecule has 2 heterocycles. The first kappa shape index (κ1) is 36.9. The molecule has 3 heteroatoms. The molecule has 9 rings (SSSR count). The third kappa shape index (κ3) is 7.03. The van der Waals surface area contributed by atoms with Crippen LogP contribution in [0.25, 0.3) is 0 Å². The Morgan fingerprint density at radius 2 is 1.66 bits per heavy atom.